The van der Waals surface area contributed by atoms with E-state index in [4.69, 9.17) is 4.42 Å². The molecule has 3 aromatic rings. The van der Waals surface area contributed by atoms with Gasteiger partial charge in [0.2, 0.25) is 0 Å². The number of nitrogens with zero attached hydrogens (tertiary/aromatic N) is 1. The average molecular weight is 325 g/mol. The Kier molecular flexibility index (Phi) is 4.16. The van der Waals surface area contributed by atoms with E-state index in [1.165, 1.54) is 29.5 Å². The predicted molar refractivity (Wildman–Crippen MR) is 88.5 cm³/mol. The number of non-ortho nitro benzene ring substituents is 1. The molecule has 0 N–H and O–H groups in total. The van der Waals surface area contributed by atoms with Crippen molar-refractivity contribution in [1.29, 1.82) is 0 Å². The number of benzene rings is 1. The second kappa shape index (κ2) is 6.41. The van der Waals surface area contributed by atoms with E-state index in [0.29, 0.717) is 16.4 Å². The Morgan fingerprint density at radius 3 is 2.57 bits per heavy atom. The molecule has 0 saturated heterocycles. The number of ketones is 1. The number of hydrogen-bond donors (Lipinski definition) is 0. The summed E-state index contributed by atoms with van der Waals surface area (Å²) in [4.78, 5) is 22.7. The number of rotatable bonds is 5. The summed E-state index contributed by atoms with van der Waals surface area (Å²) in [7, 11) is 0. The largest absolute Gasteiger partial charge is 0.457 e. The first kappa shape index (κ1) is 14.9. The van der Waals surface area contributed by atoms with Gasteiger partial charge in [-0.25, -0.2) is 0 Å². The smallest absolute Gasteiger partial charge is 0.269 e. The molecule has 1 aromatic carbocycles. The van der Waals surface area contributed by atoms with Crippen molar-refractivity contribution in [3.8, 4) is 11.3 Å². The number of nitro benzene ring substituents is 1. The predicted octanol–water partition coefficient (Wildman–Crippen LogP) is 4.81. The van der Waals surface area contributed by atoms with Crippen molar-refractivity contribution in [3.63, 3.8) is 0 Å². The van der Waals surface area contributed by atoms with Crippen molar-refractivity contribution >= 4 is 28.9 Å². The highest BCUT2D eigenvalue weighted by molar-refractivity contribution is 7.12. The fourth-order valence-corrected chi connectivity index (χ4v) is 2.65. The first-order valence-corrected chi connectivity index (χ1v) is 7.62. The maximum absolute atomic E-state index is 11.9. The third kappa shape index (κ3) is 3.44. The molecule has 0 bridgehead atoms. The lowest BCUT2D eigenvalue weighted by molar-refractivity contribution is -0.384. The first-order chi connectivity index (χ1) is 11.1. The van der Waals surface area contributed by atoms with Gasteiger partial charge in [0.15, 0.2) is 5.78 Å². The molecule has 0 aliphatic carbocycles. The van der Waals surface area contributed by atoms with Crippen LogP contribution < -0.4 is 0 Å². The summed E-state index contributed by atoms with van der Waals surface area (Å²) in [5.41, 5.74) is 0.766. The Balaban J connectivity index is 1.75. The summed E-state index contributed by atoms with van der Waals surface area (Å²) in [5.74, 6) is 1.06. The minimum absolute atomic E-state index is 0.0296. The Morgan fingerprint density at radius 2 is 1.91 bits per heavy atom. The maximum Gasteiger partial charge on any atom is 0.269 e. The molecule has 0 atom stereocenters. The Bertz CT molecular complexity index is 860. The standard InChI is InChI=1S/C17H11NO4S/c19-15(17-2-1-11-23-17)9-7-14-8-10-16(22-14)12-3-5-13(6-4-12)18(20)21/h1-11H/b9-7+. The summed E-state index contributed by atoms with van der Waals surface area (Å²) >= 11 is 1.39. The summed E-state index contributed by atoms with van der Waals surface area (Å²) in [6, 6.07) is 13.2. The zero-order valence-electron chi connectivity index (χ0n) is 11.8. The highest BCUT2D eigenvalue weighted by atomic mass is 32.1. The van der Waals surface area contributed by atoms with Gasteiger partial charge >= 0.3 is 0 Å². The van der Waals surface area contributed by atoms with Crippen molar-refractivity contribution in [2.45, 2.75) is 0 Å². The van der Waals surface area contributed by atoms with E-state index in [-0.39, 0.29) is 11.5 Å². The van der Waals surface area contributed by atoms with Gasteiger partial charge in [0.1, 0.15) is 11.5 Å². The zero-order valence-corrected chi connectivity index (χ0v) is 12.7. The van der Waals surface area contributed by atoms with E-state index in [2.05, 4.69) is 0 Å². The van der Waals surface area contributed by atoms with Crippen molar-refractivity contribution in [2.75, 3.05) is 0 Å². The second-order valence-corrected chi connectivity index (χ2v) is 5.63. The summed E-state index contributed by atoms with van der Waals surface area (Å²) < 4.78 is 5.63. The fourth-order valence-electron chi connectivity index (χ4n) is 2.00. The highest BCUT2D eigenvalue weighted by Crippen LogP contribution is 2.25. The van der Waals surface area contributed by atoms with Crippen LogP contribution in [0.15, 0.2) is 64.4 Å². The molecule has 0 amide bonds. The molecular formula is C17H11NO4S. The first-order valence-electron chi connectivity index (χ1n) is 6.74. The topological polar surface area (TPSA) is 73.3 Å². The van der Waals surface area contributed by atoms with Crippen LogP contribution in [0.4, 0.5) is 5.69 Å². The minimum atomic E-state index is -0.448. The molecule has 0 spiro atoms. The van der Waals surface area contributed by atoms with Gasteiger partial charge in [0.25, 0.3) is 5.69 Å². The van der Waals surface area contributed by atoms with Crippen LogP contribution in [-0.2, 0) is 0 Å². The molecule has 0 saturated carbocycles. The molecule has 0 radical (unpaired) electrons. The van der Waals surface area contributed by atoms with Crippen molar-refractivity contribution in [2.24, 2.45) is 0 Å². The second-order valence-electron chi connectivity index (χ2n) is 4.68. The van der Waals surface area contributed by atoms with E-state index >= 15 is 0 Å². The van der Waals surface area contributed by atoms with Gasteiger partial charge in [-0.2, -0.15) is 0 Å². The molecule has 6 heteroatoms. The quantitative estimate of drug-likeness (QED) is 0.292. The average Bonchev–Trinajstić information content (AvgIpc) is 3.24. The van der Waals surface area contributed by atoms with Gasteiger partial charge in [-0.05, 0) is 47.9 Å². The number of carbonyl (C=O) groups excluding carboxylic acids is 1. The van der Waals surface area contributed by atoms with Crippen LogP contribution in [0.2, 0.25) is 0 Å². The van der Waals surface area contributed by atoms with Gasteiger partial charge in [-0.3, -0.25) is 14.9 Å². The molecule has 0 aliphatic heterocycles. The lowest BCUT2D eigenvalue weighted by atomic mass is 10.1. The van der Waals surface area contributed by atoms with Crippen molar-refractivity contribution < 1.29 is 14.1 Å². The van der Waals surface area contributed by atoms with E-state index < -0.39 is 4.92 Å². The van der Waals surface area contributed by atoms with Crippen LogP contribution in [0.1, 0.15) is 15.4 Å². The molecular weight excluding hydrogens is 314 g/mol. The lowest BCUT2D eigenvalue weighted by Gasteiger charge is -1.96. The van der Waals surface area contributed by atoms with Crippen LogP contribution in [0.25, 0.3) is 17.4 Å². The number of carbonyl (C=O) groups is 1. The van der Waals surface area contributed by atoms with E-state index in [0.717, 1.165) is 5.56 Å². The van der Waals surface area contributed by atoms with Gasteiger partial charge < -0.3 is 4.42 Å². The highest BCUT2D eigenvalue weighted by Gasteiger charge is 2.08. The van der Waals surface area contributed by atoms with Crippen LogP contribution in [-0.4, -0.2) is 10.7 Å². The van der Waals surface area contributed by atoms with Gasteiger partial charge in [0, 0.05) is 17.7 Å². The van der Waals surface area contributed by atoms with Crippen LogP contribution >= 0.6 is 11.3 Å². The molecule has 23 heavy (non-hydrogen) atoms. The van der Waals surface area contributed by atoms with E-state index in [9.17, 15) is 14.9 Å². The number of allylic oxidation sites excluding steroid dienone is 1. The third-order valence-electron chi connectivity index (χ3n) is 3.15. The minimum Gasteiger partial charge on any atom is -0.457 e. The summed E-state index contributed by atoms with van der Waals surface area (Å²) in [5, 5.41) is 12.5. The van der Waals surface area contributed by atoms with Crippen LogP contribution in [0.5, 0.6) is 0 Å². The number of hydrogen-bond acceptors (Lipinski definition) is 5. The number of furan rings is 1. The molecule has 2 heterocycles. The lowest BCUT2D eigenvalue weighted by Crippen LogP contribution is -1.88. The Hall–Kier alpha value is -2.99. The molecule has 114 valence electrons. The van der Waals surface area contributed by atoms with Crippen molar-refractivity contribution in [3.05, 3.63) is 80.7 Å². The number of nitro groups is 1. The monoisotopic (exact) mass is 325 g/mol. The third-order valence-corrected chi connectivity index (χ3v) is 4.04. The molecule has 3 rings (SSSR count). The van der Waals surface area contributed by atoms with Crippen LogP contribution in [0.3, 0.4) is 0 Å². The maximum atomic E-state index is 11.9. The van der Waals surface area contributed by atoms with Crippen LogP contribution in [0, 0.1) is 10.1 Å². The van der Waals surface area contributed by atoms with E-state index in [1.54, 1.807) is 36.4 Å². The summed E-state index contributed by atoms with van der Waals surface area (Å²) in [6.45, 7) is 0. The summed E-state index contributed by atoms with van der Waals surface area (Å²) in [6.07, 6.45) is 3.07. The van der Waals surface area contributed by atoms with Gasteiger partial charge in [0.05, 0.1) is 9.80 Å². The molecule has 0 aliphatic rings. The molecule has 0 unspecified atom stereocenters. The van der Waals surface area contributed by atoms with Crippen molar-refractivity contribution in [1.82, 2.24) is 0 Å². The normalized spacial score (nSPS) is 11.0. The Morgan fingerprint density at radius 1 is 1.13 bits per heavy atom. The zero-order chi connectivity index (χ0) is 16.2. The number of thiophene rings is 1. The molecule has 0 fully saturated rings. The van der Waals surface area contributed by atoms with E-state index in [1.807, 2.05) is 11.4 Å². The SMILES string of the molecule is O=C(/C=C/c1ccc(-c2ccc([N+](=O)[O-])cc2)o1)c1cccs1. The molecule has 5 nitrogen and oxygen atoms in total. The Labute approximate surface area is 135 Å². The fraction of sp³-hybridized carbons (Fsp3) is 0. The van der Waals surface area contributed by atoms with Gasteiger partial charge in [-0.1, -0.05) is 6.07 Å². The van der Waals surface area contributed by atoms with Gasteiger partial charge in [-0.15, -0.1) is 11.3 Å². The molecule has 2 aromatic heterocycles.